The van der Waals surface area contributed by atoms with Crippen LogP contribution in [0.3, 0.4) is 0 Å². The Bertz CT molecular complexity index is 501. The van der Waals surface area contributed by atoms with Crippen LogP contribution in [0, 0.1) is 11.3 Å². The van der Waals surface area contributed by atoms with Gasteiger partial charge < -0.3 is 4.74 Å². The summed E-state index contributed by atoms with van der Waals surface area (Å²) in [6, 6.07) is 1.58. The van der Waals surface area contributed by atoms with Crippen molar-refractivity contribution >= 4 is 17.6 Å². The van der Waals surface area contributed by atoms with Crippen LogP contribution in [-0.2, 0) is 10.6 Å². The highest BCUT2D eigenvalue weighted by molar-refractivity contribution is 6.17. The van der Waals surface area contributed by atoms with Gasteiger partial charge in [0, 0.05) is 6.20 Å². The maximum Gasteiger partial charge on any atom is 0.341 e. The second kappa shape index (κ2) is 6.26. The lowest BCUT2D eigenvalue weighted by molar-refractivity contribution is 0.0524. The topological polar surface area (TPSA) is 63.0 Å². The zero-order valence-corrected chi connectivity index (χ0v) is 10.2. The smallest absolute Gasteiger partial charge is 0.341 e. The molecule has 0 aromatic carbocycles. The van der Waals surface area contributed by atoms with Crippen LogP contribution in [0.2, 0.25) is 0 Å². The Balaban J connectivity index is 3.48. The van der Waals surface area contributed by atoms with E-state index in [0.29, 0.717) is 0 Å². The minimum atomic E-state index is -2.90. The van der Waals surface area contributed by atoms with Crippen LogP contribution in [0.5, 0.6) is 0 Å². The largest absolute Gasteiger partial charge is 0.462 e. The molecule has 0 spiro atoms. The van der Waals surface area contributed by atoms with Gasteiger partial charge in [-0.25, -0.2) is 13.6 Å². The zero-order valence-electron chi connectivity index (χ0n) is 9.41. The fourth-order valence-corrected chi connectivity index (χ4v) is 1.58. The first-order valence-electron chi connectivity index (χ1n) is 4.99. The second-order valence-corrected chi connectivity index (χ2v) is 3.44. The molecule has 0 N–H and O–H groups in total. The van der Waals surface area contributed by atoms with Gasteiger partial charge in [-0.05, 0) is 6.92 Å². The minimum absolute atomic E-state index is 0.0519. The Morgan fingerprint density at radius 3 is 2.78 bits per heavy atom. The van der Waals surface area contributed by atoms with Gasteiger partial charge in [0.25, 0.3) is 6.43 Å². The van der Waals surface area contributed by atoms with Gasteiger partial charge in [0.15, 0.2) is 0 Å². The van der Waals surface area contributed by atoms with Crippen LogP contribution >= 0.6 is 11.6 Å². The molecule has 0 saturated carbocycles. The number of nitriles is 1. The second-order valence-electron chi connectivity index (χ2n) is 3.18. The van der Waals surface area contributed by atoms with Crippen molar-refractivity contribution in [3.8, 4) is 6.07 Å². The van der Waals surface area contributed by atoms with E-state index in [2.05, 4.69) is 4.98 Å². The number of ether oxygens (including phenoxy) is 1. The van der Waals surface area contributed by atoms with E-state index < -0.39 is 23.5 Å². The number of pyridine rings is 1. The van der Waals surface area contributed by atoms with Gasteiger partial charge in [0.05, 0.1) is 29.3 Å². The monoisotopic (exact) mass is 274 g/mol. The third-order valence-corrected chi connectivity index (χ3v) is 2.39. The van der Waals surface area contributed by atoms with E-state index >= 15 is 0 Å². The summed E-state index contributed by atoms with van der Waals surface area (Å²) in [6.07, 6.45) is -2.05. The van der Waals surface area contributed by atoms with Crippen molar-refractivity contribution in [2.45, 2.75) is 19.2 Å². The molecule has 4 nitrogen and oxygen atoms in total. The molecule has 0 fully saturated rings. The van der Waals surface area contributed by atoms with Crippen LogP contribution in [0.4, 0.5) is 8.78 Å². The van der Waals surface area contributed by atoms with Gasteiger partial charge in [0.2, 0.25) is 0 Å². The summed E-state index contributed by atoms with van der Waals surface area (Å²) in [5.41, 5.74) is -1.27. The van der Waals surface area contributed by atoms with Crippen molar-refractivity contribution in [3.05, 3.63) is 28.6 Å². The van der Waals surface area contributed by atoms with Crippen molar-refractivity contribution in [1.29, 1.82) is 5.26 Å². The molecule has 0 radical (unpaired) electrons. The van der Waals surface area contributed by atoms with Gasteiger partial charge in [-0.15, -0.1) is 11.6 Å². The molecule has 96 valence electrons. The number of hydrogen-bond acceptors (Lipinski definition) is 4. The van der Waals surface area contributed by atoms with E-state index in [4.69, 9.17) is 21.6 Å². The predicted molar refractivity (Wildman–Crippen MR) is 59.4 cm³/mol. The third-order valence-electron chi connectivity index (χ3n) is 2.14. The summed E-state index contributed by atoms with van der Waals surface area (Å²) in [5, 5.41) is 8.92. The summed E-state index contributed by atoms with van der Waals surface area (Å²) >= 11 is 5.57. The number of halogens is 3. The zero-order chi connectivity index (χ0) is 13.7. The van der Waals surface area contributed by atoms with E-state index in [1.807, 2.05) is 0 Å². The molecule has 0 amide bonds. The molecule has 1 aromatic rings. The molecular formula is C11H9ClF2N2O2. The number of esters is 1. The number of alkyl halides is 3. The maximum absolute atomic E-state index is 12.7. The average Bonchev–Trinajstić information content (AvgIpc) is 2.36. The minimum Gasteiger partial charge on any atom is -0.462 e. The summed E-state index contributed by atoms with van der Waals surface area (Å²) in [5.74, 6) is -1.05. The molecule has 18 heavy (non-hydrogen) atoms. The SMILES string of the molecule is CCOC(=O)c1c(CCl)ncc(C(F)F)c1C#N. The molecule has 0 bridgehead atoms. The summed E-state index contributed by atoms with van der Waals surface area (Å²) in [4.78, 5) is 15.3. The number of aromatic nitrogens is 1. The third kappa shape index (κ3) is 2.74. The molecule has 0 saturated heterocycles. The molecular weight excluding hydrogens is 266 g/mol. The van der Waals surface area contributed by atoms with Gasteiger partial charge in [-0.3, -0.25) is 4.98 Å². The van der Waals surface area contributed by atoms with Crippen molar-refractivity contribution in [2.75, 3.05) is 6.61 Å². The van der Waals surface area contributed by atoms with Crippen LogP contribution in [0.1, 0.15) is 40.5 Å². The summed E-state index contributed by atoms with van der Waals surface area (Å²) in [6.45, 7) is 1.62. The number of rotatable bonds is 4. The van der Waals surface area contributed by atoms with Crippen LogP contribution in [-0.4, -0.2) is 17.6 Å². The van der Waals surface area contributed by atoms with Crippen LogP contribution in [0.15, 0.2) is 6.20 Å². The Morgan fingerprint density at radius 2 is 2.33 bits per heavy atom. The van der Waals surface area contributed by atoms with Gasteiger partial charge >= 0.3 is 5.97 Å². The van der Waals surface area contributed by atoms with E-state index in [1.165, 1.54) is 0 Å². The molecule has 0 aliphatic heterocycles. The number of carbonyl (C=O) groups excluding carboxylic acids is 1. The number of carbonyl (C=O) groups is 1. The maximum atomic E-state index is 12.7. The Labute approximate surface area is 107 Å². The lowest BCUT2D eigenvalue weighted by Crippen LogP contribution is -2.13. The summed E-state index contributed by atoms with van der Waals surface area (Å²) in [7, 11) is 0. The highest BCUT2D eigenvalue weighted by Crippen LogP contribution is 2.27. The highest BCUT2D eigenvalue weighted by Gasteiger charge is 2.25. The molecule has 1 rings (SSSR count). The molecule has 0 aliphatic rings. The molecule has 1 heterocycles. The van der Waals surface area contributed by atoms with Crippen molar-refractivity contribution in [3.63, 3.8) is 0 Å². The molecule has 0 unspecified atom stereocenters. The van der Waals surface area contributed by atoms with E-state index in [-0.39, 0.29) is 23.7 Å². The van der Waals surface area contributed by atoms with E-state index in [1.54, 1.807) is 13.0 Å². The lowest BCUT2D eigenvalue weighted by Gasteiger charge is -2.11. The Morgan fingerprint density at radius 1 is 1.67 bits per heavy atom. The Hall–Kier alpha value is -1.74. The molecule has 0 atom stereocenters. The first kappa shape index (κ1) is 14.3. The van der Waals surface area contributed by atoms with Crippen molar-refractivity contribution in [1.82, 2.24) is 4.98 Å². The fraction of sp³-hybridized carbons (Fsp3) is 0.364. The van der Waals surface area contributed by atoms with E-state index in [0.717, 1.165) is 6.20 Å². The molecule has 1 aromatic heterocycles. The van der Waals surface area contributed by atoms with Crippen LogP contribution < -0.4 is 0 Å². The van der Waals surface area contributed by atoms with Gasteiger partial charge in [-0.1, -0.05) is 0 Å². The van der Waals surface area contributed by atoms with Crippen molar-refractivity contribution < 1.29 is 18.3 Å². The summed E-state index contributed by atoms with van der Waals surface area (Å²) < 4.78 is 30.1. The predicted octanol–water partition coefficient (Wildman–Crippen LogP) is 2.81. The average molecular weight is 275 g/mol. The normalized spacial score (nSPS) is 10.2. The first-order chi connectivity index (χ1) is 8.56. The van der Waals surface area contributed by atoms with E-state index in [9.17, 15) is 13.6 Å². The number of hydrogen-bond donors (Lipinski definition) is 0. The highest BCUT2D eigenvalue weighted by atomic mass is 35.5. The standard InChI is InChI=1S/C11H9ClF2N2O2/c1-2-18-11(17)9-6(4-15)7(10(13)14)5-16-8(9)3-12/h5,10H,2-3H2,1H3. The molecule has 7 heteroatoms. The molecule has 0 aliphatic carbocycles. The quantitative estimate of drug-likeness (QED) is 0.625. The lowest BCUT2D eigenvalue weighted by atomic mass is 10.0. The van der Waals surface area contributed by atoms with Crippen molar-refractivity contribution in [2.24, 2.45) is 0 Å². The van der Waals surface area contributed by atoms with Gasteiger partial charge in [-0.2, -0.15) is 5.26 Å². The Kier molecular flexibility index (Phi) is 4.98. The first-order valence-corrected chi connectivity index (χ1v) is 5.53. The number of nitrogens with zero attached hydrogens (tertiary/aromatic N) is 2. The van der Waals surface area contributed by atoms with Gasteiger partial charge in [0.1, 0.15) is 11.6 Å². The fourth-order valence-electron chi connectivity index (χ4n) is 1.38. The van der Waals surface area contributed by atoms with Crippen LogP contribution in [0.25, 0.3) is 0 Å².